The molecule has 1 amide bonds. The van der Waals surface area contributed by atoms with Crippen molar-refractivity contribution in [2.24, 2.45) is 14.1 Å². The molecule has 1 atom stereocenters. The van der Waals surface area contributed by atoms with Crippen molar-refractivity contribution in [1.29, 1.82) is 0 Å². The van der Waals surface area contributed by atoms with Gasteiger partial charge in [0, 0.05) is 27.1 Å². The molecular weight excluding hydrogens is 370 g/mol. The summed E-state index contributed by atoms with van der Waals surface area (Å²) in [5.41, 5.74) is 2.22. The van der Waals surface area contributed by atoms with E-state index in [1.807, 2.05) is 38.1 Å². The normalized spacial score (nSPS) is 12.3. The molecular formula is C21H27N5O3. The zero-order chi connectivity index (χ0) is 21.1. The van der Waals surface area contributed by atoms with Gasteiger partial charge in [0.05, 0.1) is 12.4 Å². The highest BCUT2D eigenvalue weighted by molar-refractivity contribution is 5.76. The first-order chi connectivity index (χ1) is 13.8. The van der Waals surface area contributed by atoms with Crippen molar-refractivity contribution in [3.63, 3.8) is 0 Å². The number of benzene rings is 1. The number of carbonyl (C=O) groups excluding carboxylic acids is 1. The zero-order valence-electron chi connectivity index (χ0n) is 17.3. The van der Waals surface area contributed by atoms with E-state index in [-0.39, 0.29) is 17.5 Å². The second-order valence-corrected chi connectivity index (χ2v) is 7.36. The van der Waals surface area contributed by atoms with Gasteiger partial charge in [-0.25, -0.2) is 9.78 Å². The number of nitrogens with one attached hydrogen (secondary N) is 1. The minimum atomic E-state index is -0.408. The Labute approximate surface area is 168 Å². The molecule has 2 heterocycles. The van der Waals surface area contributed by atoms with Gasteiger partial charge in [0.15, 0.2) is 11.2 Å². The summed E-state index contributed by atoms with van der Waals surface area (Å²) in [6, 6.07) is 8.16. The summed E-state index contributed by atoms with van der Waals surface area (Å²) < 4.78 is 4.13. The van der Waals surface area contributed by atoms with Crippen molar-refractivity contribution < 1.29 is 4.79 Å². The standard InChI is InChI=1S/C21H27N5O3/c1-5-16(15-10-8-14(2)9-11-15)23-17(27)7-6-12-26-13-22-19-18(26)20(28)25(4)21(29)24(19)3/h8-11,13,16H,5-7,12H2,1-4H3,(H,23,27). The molecule has 29 heavy (non-hydrogen) atoms. The van der Waals surface area contributed by atoms with Crippen LogP contribution in [0.2, 0.25) is 0 Å². The molecule has 0 aliphatic heterocycles. The molecule has 154 valence electrons. The maximum absolute atomic E-state index is 12.5. The third-order valence-electron chi connectivity index (χ3n) is 5.24. The van der Waals surface area contributed by atoms with E-state index in [9.17, 15) is 14.4 Å². The Morgan fingerprint density at radius 1 is 1.14 bits per heavy atom. The highest BCUT2D eigenvalue weighted by atomic mass is 16.2. The lowest BCUT2D eigenvalue weighted by molar-refractivity contribution is -0.122. The Bertz CT molecular complexity index is 1140. The van der Waals surface area contributed by atoms with Crippen LogP contribution in [0, 0.1) is 6.92 Å². The third kappa shape index (κ3) is 4.16. The maximum atomic E-state index is 12.5. The van der Waals surface area contributed by atoms with Gasteiger partial charge in [-0.3, -0.25) is 18.7 Å². The number of hydrogen-bond donors (Lipinski definition) is 1. The summed E-state index contributed by atoms with van der Waals surface area (Å²) in [7, 11) is 3.04. The fourth-order valence-electron chi connectivity index (χ4n) is 3.46. The molecule has 8 heteroatoms. The lowest BCUT2D eigenvalue weighted by atomic mass is 10.0. The fourth-order valence-corrected chi connectivity index (χ4v) is 3.46. The Hall–Kier alpha value is -3.16. The number of aromatic nitrogens is 4. The first-order valence-electron chi connectivity index (χ1n) is 9.80. The van der Waals surface area contributed by atoms with Gasteiger partial charge in [-0.15, -0.1) is 0 Å². The Balaban J connectivity index is 1.65. The molecule has 0 aliphatic rings. The predicted molar refractivity (Wildman–Crippen MR) is 112 cm³/mol. The molecule has 0 radical (unpaired) electrons. The minimum Gasteiger partial charge on any atom is -0.349 e. The SMILES string of the molecule is CCC(NC(=O)CCCn1cnc2c1c(=O)n(C)c(=O)n2C)c1ccc(C)cc1. The van der Waals surface area contributed by atoms with E-state index in [2.05, 4.69) is 10.3 Å². The van der Waals surface area contributed by atoms with Crippen molar-refractivity contribution in [2.45, 2.75) is 45.7 Å². The molecule has 3 aromatic rings. The average molecular weight is 397 g/mol. The topological polar surface area (TPSA) is 90.9 Å². The molecule has 2 aromatic heterocycles. The van der Waals surface area contributed by atoms with Gasteiger partial charge in [-0.05, 0) is 25.3 Å². The number of hydrogen-bond acceptors (Lipinski definition) is 4. The number of rotatable bonds is 7. The van der Waals surface area contributed by atoms with Crippen molar-refractivity contribution in [1.82, 2.24) is 24.0 Å². The number of amides is 1. The second kappa shape index (κ2) is 8.46. The molecule has 1 N–H and O–H groups in total. The van der Waals surface area contributed by atoms with Crippen LogP contribution in [-0.2, 0) is 25.4 Å². The number of nitrogens with zero attached hydrogens (tertiary/aromatic N) is 4. The summed E-state index contributed by atoms with van der Waals surface area (Å²) >= 11 is 0. The molecule has 0 fully saturated rings. The van der Waals surface area contributed by atoms with Crippen molar-refractivity contribution >= 4 is 17.1 Å². The predicted octanol–water partition coefficient (Wildman–Crippen LogP) is 1.79. The highest BCUT2D eigenvalue weighted by Crippen LogP contribution is 2.17. The summed E-state index contributed by atoms with van der Waals surface area (Å²) in [5.74, 6) is -0.0258. The van der Waals surface area contributed by atoms with Gasteiger partial charge >= 0.3 is 5.69 Å². The van der Waals surface area contributed by atoms with E-state index in [1.165, 1.54) is 17.2 Å². The smallest absolute Gasteiger partial charge is 0.332 e. The quantitative estimate of drug-likeness (QED) is 0.658. The number of aryl methyl sites for hydroxylation is 3. The van der Waals surface area contributed by atoms with Crippen LogP contribution >= 0.6 is 0 Å². The van der Waals surface area contributed by atoms with Gasteiger partial charge < -0.3 is 9.88 Å². The lowest BCUT2D eigenvalue weighted by Crippen LogP contribution is -2.37. The monoisotopic (exact) mass is 397 g/mol. The first-order valence-corrected chi connectivity index (χ1v) is 9.80. The van der Waals surface area contributed by atoms with Gasteiger partial charge in [-0.1, -0.05) is 36.8 Å². The van der Waals surface area contributed by atoms with E-state index in [4.69, 9.17) is 0 Å². The van der Waals surface area contributed by atoms with E-state index < -0.39 is 5.69 Å². The van der Waals surface area contributed by atoms with E-state index in [0.717, 1.165) is 16.6 Å². The molecule has 0 aliphatic carbocycles. The van der Waals surface area contributed by atoms with Crippen LogP contribution in [0.1, 0.15) is 43.4 Å². The maximum Gasteiger partial charge on any atom is 0.332 e. The Kier molecular flexibility index (Phi) is 6.00. The van der Waals surface area contributed by atoms with Gasteiger partial charge in [0.25, 0.3) is 5.56 Å². The van der Waals surface area contributed by atoms with Crippen LogP contribution in [0.25, 0.3) is 11.2 Å². The van der Waals surface area contributed by atoms with Gasteiger partial charge in [-0.2, -0.15) is 0 Å². The molecule has 0 spiro atoms. The minimum absolute atomic E-state index is 0.0148. The summed E-state index contributed by atoms with van der Waals surface area (Å²) in [6.45, 7) is 4.55. The fraction of sp³-hybridized carbons (Fsp3) is 0.429. The second-order valence-electron chi connectivity index (χ2n) is 7.36. The number of imidazole rings is 1. The van der Waals surface area contributed by atoms with Crippen LogP contribution in [-0.4, -0.2) is 24.6 Å². The molecule has 0 saturated heterocycles. The first kappa shape index (κ1) is 20.6. The Morgan fingerprint density at radius 2 is 1.83 bits per heavy atom. The molecule has 1 unspecified atom stereocenters. The van der Waals surface area contributed by atoms with Gasteiger partial charge in [0.1, 0.15) is 0 Å². The van der Waals surface area contributed by atoms with Crippen molar-refractivity contribution in [2.75, 3.05) is 0 Å². The lowest BCUT2D eigenvalue weighted by Gasteiger charge is -2.18. The molecule has 3 rings (SSSR count). The molecule has 1 aromatic carbocycles. The average Bonchev–Trinajstić information content (AvgIpc) is 3.13. The van der Waals surface area contributed by atoms with Crippen LogP contribution in [0.4, 0.5) is 0 Å². The molecule has 0 bridgehead atoms. The molecule has 0 saturated carbocycles. The van der Waals surface area contributed by atoms with Crippen LogP contribution in [0.15, 0.2) is 40.2 Å². The largest absolute Gasteiger partial charge is 0.349 e. The third-order valence-corrected chi connectivity index (χ3v) is 5.24. The van der Waals surface area contributed by atoms with Crippen molar-refractivity contribution in [3.8, 4) is 0 Å². The number of fused-ring (bicyclic) bond motifs is 1. The zero-order valence-corrected chi connectivity index (χ0v) is 17.3. The molecule has 8 nitrogen and oxygen atoms in total. The number of carbonyl (C=O) groups is 1. The van der Waals surface area contributed by atoms with E-state index in [0.29, 0.717) is 30.6 Å². The van der Waals surface area contributed by atoms with E-state index in [1.54, 1.807) is 17.9 Å². The van der Waals surface area contributed by atoms with Crippen LogP contribution in [0.5, 0.6) is 0 Å². The highest BCUT2D eigenvalue weighted by Gasteiger charge is 2.15. The van der Waals surface area contributed by atoms with Crippen LogP contribution < -0.4 is 16.6 Å². The van der Waals surface area contributed by atoms with Gasteiger partial charge in [0.2, 0.25) is 5.91 Å². The van der Waals surface area contributed by atoms with E-state index >= 15 is 0 Å². The summed E-state index contributed by atoms with van der Waals surface area (Å²) in [4.78, 5) is 41.1. The van der Waals surface area contributed by atoms with Crippen LogP contribution in [0.3, 0.4) is 0 Å². The summed E-state index contributed by atoms with van der Waals surface area (Å²) in [5, 5.41) is 3.08. The summed E-state index contributed by atoms with van der Waals surface area (Å²) in [6.07, 6.45) is 3.26. The van der Waals surface area contributed by atoms with Crippen molar-refractivity contribution in [3.05, 3.63) is 62.6 Å². The Morgan fingerprint density at radius 3 is 2.48 bits per heavy atom.